The Morgan fingerprint density at radius 3 is 2.80 bits per heavy atom. The van der Waals surface area contributed by atoms with E-state index in [-0.39, 0.29) is 25.0 Å². The molecule has 3 aromatic rings. The van der Waals surface area contributed by atoms with Gasteiger partial charge in [0.15, 0.2) is 10.4 Å². The van der Waals surface area contributed by atoms with Crippen LogP contribution in [0.2, 0.25) is 0 Å². The lowest BCUT2D eigenvalue weighted by Gasteiger charge is -2.20. The van der Waals surface area contributed by atoms with E-state index < -0.39 is 18.8 Å². The van der Waals surface area contributed by atoms with Gasteiger partial charge >= 0.3 is 12.1 Å². The van der Waals surface area contributed by atoms with Crippen molar-refractivity contribution in [1.82, 2.24) is 30.0 Å². The summed E-state index contributed by atoms with van der Waals surface area (Å²) in [6.45, 7) is 3.43. The Morgan fingerprint density at radius 1 is 1.32 bits per heavy atom. The molecule has 1 atom stereocenters. The topological polar surface area (TPSA) is 142 Å². The van der Waals surface area contributed by atoms with Crippen molar-refractivity contribution >= 4 is 50.3 Å². The summed E-state index contributed by atoms with van der Waals surface area (Å²) in [6.07, 6.45) is 1.21. The van der Waals surface area contributed by atoms with E-state index in [4.69, 9.17) is 10.5 Å². The van der Waals surface area contributed by atoms with Crippen molar-refractivity contribution in [3.8, 4) is 5.75 Å². The van der Waals surface area contributed by atoms with Crippen LogP contribution in [0.25, 0.3) is 16.6 Å². The van der Waals surface area contributed by atoms with E-state index in [0.717, 1.165) is 31.5 Å². The lowest BCUT2D eigenvalue weighted by molar-refractivity contribution is -0.199. The number of carbonyl (C=O) groups is 1. The van der Waals surface area contributed by atoms with Crippen molar-refractivity contribution in [2.75, 3.05) is 37.9 Å². The van der Waals surface area contributed by atoms with E-state index in [2.05, 4.69) is 57.4 Å². The third-order valence-electron chi connectivity index (χ3n) is 6.36. The van der Waals surface area contributed by atoms with Crippen molar-refractivity contribution in [3.63, 3.8) is 0 Å². The van der Waals surface area contributed by atoms with Gasteiger partial charge in [-0.05, 0) is 52.5 Å². The zero-order valence-electron chi connectivity index (χ0n) is 22.0. The molecule has 4 heterocycles. The fourth-order valence-electron chi connectivity index (χ4n) is 4.46. The molecule has 4 rings (SSSR count). The molecule has 0 aliphatic carbocycles. The van der Waals surface area contributed by atoms with E-state index in [1.54, 1.807) is 11.8 Å². The zero-order chi connectivity index (χ0) is 28.9. The molecule has 0 spiro atoms. The number of esters is 1. The number of carbonyl (C=O) groups excluding carboxylic acids is 1. The molecule has 15 heteroatoms. The van der Waals surface area contributed by atoms with Gasteiger partial charge in [-0.3, -0.25) is 9.67 Å². The van der Waals surface area contributed by atoms with E-state index in [1.807, 2.05) is 19.2 Å². The van der Waals surface area contributed by atoms with E-state index >= 15 is 0 Å². The molecule has 0 bridgehead atoms. The van der Waals surface area contributed by atoms with Crippen molar-refractivity contribution in [1.29, 1.82) is 0 Å². The molecule has 216 valence electrons. The Bertz CT molecular complexity index is 1400. The quantitative estimate of drug-likeness (QED) is 0.266. The second-order valence-corrected chi connectivity index (χ2v) is 9.94. The predicted octanol–water partition coefficient (Wildman–Crippen LogP) is 4.08. The van der Waals surface area contributed by atoms with Gasteiger partial charge in [-0.1, -0.05) is 19.4 Å². The average molecular weight is 627 g/mol. The largest absolute Gasteiger partial charge is 0.495 e. The maximum atomic E-state index is 12.5. The number of halogens is 4. The summed E-state index contributed by atoms with van der Waals surface area (Å²) in [5.74, 6) is -1.29. The number of alkyl halides is 3. The number of pyridine rings is 1. The van der Waals surface area contributed by atoms with E-state index in [9.17, 15) is 18.0 Å². The number of nitrogens with one attached hydrogen (secondary N) is 2. The van der Waals surface area contributed by atoms with Gasteiger partial charge in [0.2, 0.25) is 5.95 Å². The van der Waals surface area contributed by atoms with Crippen LogP contribution >= 0.6 is 15.9 Å². The molecule has 0 radical (unpaired) electrons. The fourth-order valence-corrected chi connectivity index (χ4v) is 4.92. The molecule has 0 aromatic carbocycles. The van der Waals surface area contributed by atoms with E-state index in [1.165, 1.54) is 5.57 Å². The Kier molecular flexibility index (Phi) is 9.45. The maximum Gasteiger partial charge on any atom is 0.490 e. The van der Waals surface area contributed by atoms with Crippen molar-refractivity contribution in [3.05, 3.63) is 34.2 Å². The van der Waals surface area contributed by atoms with Crippen LogP contribution in [0, 0.1) is 0 Å². The van der Waals surface area contributed by atoms with Crippen molar-refractivity contribution in [2.45, 2.75) is 51.4 Å². The number of anilines is 2. The number of nitrogen functional groups attached to an aromatic ring is 1. The van der Waals surface area contributed by atoms with Crippen LogP contribution in [0.1, 0.15) is 43.9 Å². The summed E-state index contributed by atoms with van der Waals surface area (Å²) in [7, 11) is 1.58. The van der Waals surface area contributed by atoms with Gasteiger partial charge in [0.25, 0.3) is 0 Å². The lowest BCUT2D eigenvalue weighted by atomic mass is 10.0. The van der Waals surface area contributed by atoms with Crippen molar-refractivity contribution < 1.29 is 27.4 Å². The standard InChI is InChI=1S/C25H30BrF3N8O3/c1-3-4-16(7-10-40-23(38)25(27,28)29)33-22-20-19(34-24(30)35-22)21(26)36-37(20)13-17-18(39-2)11-15(12-32-17)14-5-8-31-9-6-14/h5,11-12,16,31H,3-4,6-10,13H2,1-2H3,(H3,30,33,34,35). The summed E-state index contributed by atoms with van der Waals surface area (Å²) in [4.78, 5) is 24.5. The highest BCUT2D eigenvalue weighted by atomic mass is 79.9. The normalized spacial score (nSPS) is 14.6. The summed E-state index contributed by atoms with van der Waals surface area (Å²) in [6, 6.07) is 1.59. The minimum Gasteiger partial charge on any atom is -0.495 e. The molecule has 1 unspecified atom stereocenters. The number of hydrogen-bond acceptors (Lipinski definition) is 10. The number of nitrogens with zero attached hydrogens (tertiary/aromatic N) is 5. The number of ether oxygens (including phenoxy) is 2. The van der Waals surface area contributed by atoms with Gasteiger partial charge in [-0.15, -0.1) is 0 Å². The molecule has 4 N–H and O–H groups in total. The zero-order valence-corrected chi connectivity index (χ0v) is 23.6. The molecule has 11 nitrogen and oxygen atoms in total. The molecular weight excluding hydrogens is 597 g/mol. The van der Waals surface area contributed by atoms with Crippen molar-refractivity contribution in [2.24, 2.45) is 0 Å². The Morgan fingerprint density at radius 2 is 2.12 bits per heavy atom. The number of rotatable bonds is 11. The summed E-state index contributed by atoms with van der Waals surface area (Å²) < 4.78 is 49.7. The lowest BCUT2D eigenvalue weighted by Crippen LogP contribution is -2.28. The van der Waals surface area contributed by atoms with Crippen LogP contribution in [0.3, 0.4) is 0 Å². The molecule has 3 aromatic heterocycles. The second kappa shape index (κ2) is 12.8. The molecule has 0 saturated heterocycles. The van der Waals surface area contributed by atoms with Crippen LogP contribution in [0.4, 0.5) is 24.9 Å². The van der Waals surface area contributed by atoms with E-state index in [0.29, 0.717) is 39.3 Å². The Labute approximate surface area is 236 Å². The predicted molar refractivity (Wildman–Crippen MR) is 147 cm³/mol. The number of hydrogen-bond donors (Lipinski definition) is 3. The van der Waals surface area contributed by atoms with Crippen LogP contribution in [-0.2, 0) is 16.1 Å². The van der Waals surface area contributed by atoms with Crippen LogP contribution in [0.5, 0.6) is 5.75 Å². The third kappa shape index (κ3) is 6.99. The summed E-state index contributed by atoms with van der Waals surface area (Å²) in [5, 5.41) is 11.1. The summed E-state index contributed by atoms with van der Waals surface area (Å²) in [5.41, 5.74) is 9.75. The smallest absolute Gasteiger partial charge is 0.490 e. The third-order valence-corrected chi connectivity index (χ3v) is 6.89. The molecule has 0 fully saturated rings. The molecule has 1 aliphatic rings. The number of aromatic nitrogens is 5. The monoisotopic (exact) mass is 626 g/mol. The number of fused-ring (bicyclic) bond motifs is 1. The fraction of sp³-hybridized carbons (Fsp3) is 0.480. The van der Waals surface area contributed by atoms with Gasteiger partial charge in [-0.2, -0.15) is 23.3 Å². The Hall–Kier alpha value is -3.46. The first kappa shape index (κ1) is 29.5. The van der Waals surface area contributed by atoms with Gasteiger partial charge in [0.05, 0.1) is 20.3 Å². The number of methoxy groups -OCH3 is 1. The molecule has 0 amide bonds. The molecule has 1 aliphatic heterocycles. The molecule has 0 saturated carbocycles. The minimum absolute atomic E-state index is 0.00990. The van der Waals surface area contributed by atoms with Gasteiger partial charge in [0, 0.05) is 25.2 Å². The SMILES string of the molecule is CCCC(CCOC(=O)C(F)(F)F)Nc1nc(N)nc2c(Br)nn(Cc3ncc(C4=CCNCC4)cc3OC)c12. The first-order valence-corrected chi connectivity index (χ1v) is 13.5. The van der Waals surface area contributed by atoms with Crippen LogP contribution < -0.4 is 21.1 Å². The minimum atomic E-state index is -5.04. The second-order valence-electron chi connectivity index (χ2n) is 9.18. The number of nitrogens with two attached hydrogens (primary N) is 1. The van der Waals surface area contributed by atoms with Gasteiger partial charge in [0.1, 0.15) is 22.5 Å². The van der Waals surface area contributed by atoms with Gasteiger partial charge in [-0.25, -0.2) is 9.78 Å². The van der Waals surface area contributed by atoms with Gasteiger partial charge < -0.3 is 25.8 Å². The maximum absolute atomic E-state index is 12.5. The summed E-state index contributed by atoms with van der Waals surface area (Å²) >= 11 is 3.44. The molecule has 40 heavy (non-hydrogen) atoms. The van der Waals surface area contributed by atoms with Crippen LogP contribution in [0.15, 0.2) is 22.9 Å². The van der Waals surface area contributed by atoms with Crippen LogP contribution in [-0.4, -0.2) is 69.7 Å². The Balaban J connectivity index is 1.62. The highest BCUT2D eigenvalue weighted by Gasteiger charge is 2.40. The first-order valence-electron chi connectivity index (χ1n) is 12.7. The first-order chi connectivity index (χ1) is 19.1. The average Bonchev–Trinajstić information content (AvgIpc) is 3.23. The molecular formula is C25H30BrF3N8O3. The highest BCUT2D eigenvalue weighted by Crippen LogP contribution is 2.31. The highest BCUT2D eigenvalue weighted by molar-refractivity contribution is 9.10.